The zero-order valence-corrected chi connectivity index (χ0v) is 19.5. The van der Waals surface area contributed by atoms with Crippen LogP contribution in [0.2, 0.25) is 0 Å². The lowest BCUT2D eigenvalue weighted by Gasteiger charge is -2.31. The number of sulfonamides is 1. The highest BCUT2D eigenvalue weighted by molar-refractivity contribution is 7.89. The van der Waals surface area contributed by atoms with Crippen molar-refractivity contribution in [3.63, 3.8) is 0 Å². The average Bonchev–Trinajstić information content (AvgIpc) is 3.19. The number of nitrogens with one attached hydrogen (secondary N) is 1. The molecule has 0 aliphatic carbocycles. The van der Waals surface area contributed by atoms with Crippen molar-refractivity contribution in [2.45, 2.75) is 23.8 Å². The molecule has 1 fully saturated rings. The second-order valence-corrected chi connectivity index (χ2v) is 10.5. The van der Waals surface area contributed by atoms with Gasteiger partial charge in [0, 0.05) is 25.3 Å². The minimum absolute atomic E-state index is 0.0676. The molecule has 3 heterocycles. The van der Waals surface area contributed by atoms with E-state index in [0.29, 0.717) is 23.7 Å². The van der Waals surface area contributed by atoms with Crippen molar-refractivity contribution in [2.75, 3.05) is 24.1 Å². The molecule has 0 bridgehead atoms. The summed E-state index contributed by atoms with van der Waals surface area (Å²) in [5, 5.41) is 3.47. The Labute approximate surface area is 199 Å². The van der Waals surface area contributed by atoms with E-state index in [2.05, 4.69) is 21.9 Å². The lowest BCUT2D eigenvalue weighted by molar-refractivity contribution is 0.103. The molecule has 4 rings (SSSR count). The molecular formula is C22H21F2N5O3S2. The first-order valence-corrected chi connectivity index (χ1v) is 12.6. The van der Waals surface area contributed by atoms with Gasteiger partial charge in [0.2, 0.25) is 15.8 Å². The van der Waals surface area contributed by atoms with E-state index in [1.54, 1.807) is 6.07 Å². The highest BCUT2D eigenvalue weighted by Crippen LogP contribution is 2.31. The summed E-state index contributed by atoms with van der Waals surface area (Å²) in [5.41, 5.74) is 5.74. The third kappa shape index (κ3) is 4.69. The molecule has 3 aromatic rings. The third-order valence-electron chi connectivity index (χ3n) is 5.44. The van der Waals surface area contributed by atoms with Crippen molar-refractivity contribution < 1.29 is 22.0 Å². The van der Waals surface area contributed by atoms with Crippen LogP contribution in [0.15, 0.2) is 48.0 Å². The Bertz CT molecular complexity index is 1310. The SMILES string of the molecule is C=Cc1ccc(S(=O)(=O)N2CCC(Nc3nc(N)c(C(=O)c4c(F)cccc4F)s3)CC2)cn1. The van der Waals surface area contributed by atoms with Gasteiger partial charge in [-0.2, -0.15) is 4.31 Å². The fourth-order valence-corrected chi connectivity index (χ4v) is 5.94. The van der Waals surface area contributed by atoms with Crippen molar-refractivity contribution in [3.8, 4) is 0 Å². The fraction of sp³-hybridized carbons (Fsp3) is 0.227. The van der Waals surface area contributed by atoms with Crippen LogP contribution in [0.3, 0.4) is 0 Å². The topological polar surface area (TPSA) is 118 Å². The van der Waals surface area contributed by atoms with Crippen LogP contribution in [0.25, 0.3) is 6.08 Å². The number of pyridine rings is 1. The second-order valence-electron chi connectivity index (χ2n) is 7.60. The number of nitrogen functional groups attached to an aromatic ring is 1. The van der Waals surface area contributed by atoms with Gasteiger partial charge in [-0.05, 0) is 43.2 Å². The summed E-state index contributed by atoms with van der Waals surface area (Å²) in [7, 11) is -3.68. The van der Waals surface area contributed by atoms with Gasteiger partial charge < -0.3 is 11.1 Å². The van der Waals surface area contributed by atoms with E-state index in [0.717, 1.165) is 23.5 Å². The van der Waals surface area contributed by atoms with E-state index in [1.165, 1.54) is 28.7 Å². The fourth-order valence-electron chi connectivity index (χ4n) is 3.61. The summed E-state index contributed by atoms with van der Waals surface area (Å²) in [4.78, 5) is 20.9. The Morgan fingerprint density at radius 2 is 1.88 bits per heavy atom. The van der Waals surface area contributed by atoms with Crippen LogP contribution in [0.1, 0.15) is 33.8 Å². The Balaban J connectivity index is 1.42. The van der Waals surface area contributed by atoms with E-state index in [-0.39, 0.29) is 34.7 Å². The van der Waals surface area contributed by atoms with Crippen molar-refractivity contribution in [3.05, 3.63) is 70.9 Å². The molecule has 0 spiro atoms. The van der Waals surface area contributed by atoms with Crippen LogP contribution >= 0.6 is 11.3 Å². The number of hydrogen-bond acceptors (Lipinski definition) is 8. The molecule has 12 heteroatoms. The smallest absolute Gasteiger partial charge is 0.244 e. The Morgan fingerprint density at radius 1 is 1.21 bits per heavy atom. The number of rotatable bonds is 7. The maximum Gasteiger partial charge on any atom is 0.244 e. The van der Waals surface area contributed by atoms with Crippen molar-refractivity contribution in [2.24, 2.45) is 0 Å². The number of nitrogens with zero attached hydrogens (tertiary/aromatic N) is 3. The van der Waals surface area contributed by atoms with E-state index in [9.17, 15) is 22.0 Å². The molecule has 0 radical (unpaired) electrons. The summed E-state index contributed by atoms with van der Waals surface area (Å²) < 4.78 is 55.1. The second kappa shape index (κ2) is 9.57. The summed E-state index contributed by atoms with van der Waals surface area (Å²) >= 11 is 0.902. The minimum Gasteiger partial charge on any atom is -0.382 e. The van der Waals surface area contributed by atoms with E-state index in [4.69, 9.17) is 5.73 Å². The molecule has 3 N–H and O–H groups in total. The van der Waals surface area contributed by atoms with Crippen LogP contribution in [0, 0.1) is 11.6 Å². The van der Waals surface area contributed by atoms with Crippen LogP contribution < -0.4 is 11.1 Å². The maximum absolute atomic E-state index is 14.0. The van der Waals surface area contributed by atoms with E-state index >= 15 is 0 Å². The van der Waals surface area contributed by atoms with Gasteiger partial charge in [0.1, 0.15) is 27.2 Å². The zero-order chi connectivity index (χ0) is 24.5. The molecule has 0 atom stereocenters. The maximum atomic E-state index is 14.0. The molecule has 1 aliphatic rings. The molecule has 0 saturated carbocycles. The molecule has 0 unspecified atom stereocenters. The van der Waals surface area contributed by atoms with Crippen molar-refractivity contribution >= 4 is 44.2 Å². The predicted molar refractivity (Wildman–Crippen MR) is 126 cm³/mol. The lowest BCUT2D eigenvalue weighted by atomic mass is 10.1. The highest BCUT2D eigenvalue weighted by atomic mass is 32.2. The Hall–Kier alpha value is -3.22. The first-order chi connectivity index (χ1) is 16.2. The number of thiazole rings is 1. The van der Waals surface area contributed by atoms with Gasteiger partial charge in [0.05, 0.1) is 11.3 Å². The average molecular weight is 506 g/mol. The van der Waals surface area contributed by atoms with Gasteiger partial charge >= 0.3 is 0 Å². The number of halogens is 2. The highest BCUT2D eigenvalue weighted by Gasteiger charge is 2.30. The normalized spacial score (nSPS) is 15.2. The molecule has 0 amide bonds. The number of aromatic nitrogens is 2. The summed E-state index contributed by atoms with van der Waals surface area (Å²) in [5.74, 6) is -2.96. The number of ketones is 1. The lowest BCUT2D eigenvalue weighted by Crippen LogP contribution is -2.42. The predicted octanol–water partition coefficient (Wildman–Crippen LogP) is 3.54. The minimum atomic E-state index is -3.68. The van der Waals surface area contributed by atoms with Gasteiger partial charge in [-0.25, -0.2) is 22.2 Å². The first-order valence-electron chi connectivity index (χ1n) is 10.3. The van der Waals surface area contributed by atoms with Gasteiger partial charge in [-0.15, -0.1) is 0 Å². The molecule has 1 aliphatic heterocycles. The number of piperidine rings is 1. The molecule has 34 heavy (non-hydrogen) atoms. The Morgan fingerprint density at radius 3 is 2.47 bits per heavy atom. The van der Waals surface area contributed by atoms with Crippen LogP contribution in [0.5, 0.6) is 0 Å². The summed E-state index contributed by atoms with van der Waals surface area (Å²) in [6.07, 6.45) is 3.82. The largest absolute Gasteiger partial charge is 0.382 e. The van der Waals surface area contributed by atoms with Gasteiger partial charge in [0.15, 0.2) is 5.13 Å². The molecule has 2 aromatic heterocycles. The molecule has 1 saturated heterocycles. The monoisotopic (exact) mass is 505 g/mol. The standard InChI is InChI=1S/C22H21F2N5O3S2/c1-2-13-6-7-15(12-26-13)34(31,32)29-10-8-14(9-11-29)27-22-28-21(25)20(33-22)19(30)18-16(23)4-3-5-17(18)24/h2-7,12,14H,1,8-11,25H2,(H,27,28). The van der Waals surface area contributed by atoms with E-state index in [1.807, 2.05) is 0 Å². The number of carbonyl (C=O) groups is 1. The number of nitrogens with two attached hydrogens (primary N) is 1. The molecule has 178 valence electrons. The number of carbonyl (C=O) groups excluding carboxylic acids is 1. The zero-order valence-electron chi connectivity index (χ0n) is 17.9. The van der Waals surface area contributed by atoms with Crippen LogP contribution in [-0.2, 0) is 10.0 Å². The Kier molecular flexibility index (Phi) is 6.73. The molecular weight excluding hydrogens is 484 g/mol. The van der Waals surface area contributed by atoms with Crippen LogP contribution in [0.4, 0.5) is 19.7 Å². The number of hydrogen-bond donors (Lipinski definition) is 2. The third-order valence-corrected chi connectivity index (χ3v) is 8.32. The quantitative estimate of drug-likeness (QED) is 0.472. The van der Waals surface area contributed by atoms with Crippen molar-refractivity contribution in [1.82, 2.24) is 14.3 Å². The van der Waals surface area contributed by atoms with Gasteiger partial charge in [0.25, 0.3) is 0 Å². The van der Waals surface area contributed by atoms with Crippen LogP contribution in [-0.4, -0.2) is 47.6 Å². The van der Waals surface area contributed by atoms with E-state index < -0.39 is 33.0 Å². The van der Waals surface area contributed by atoms with Gasteiger partial charge in [-0.1, -0.05) is 24.0 Å². The number of benzene rings is 1. The first kappa shape index (κ1) is 23.9. The summed E-state index contributed by atoms with van der Waals surface area (Å²) in [6.45, 7) is 4.15. The van der Waals surface area contributed by atoms with Crippen molar-refractivity contribution in [1.29, 1.82) is 0 Å². The number of anilines is 2. The van der Waals surface area contributed by atoms with Gasteiger partial charge in [-0.3, -0.25) is 9.78 Å². The molecule has 8 nitrogen and oxygen atoms in total. The molecule has 1 aromatic carbocycles. The summed E-state index contributed by atoms with van der Waals surface area (Å²) in [6, 6.07) is 6.14.